The largest absolute Gasteiger partial charge is 0.382 e. The third kappa shape index (κ3) is 8.15. The van der Waals surface area contributed by atoms with Crippen LogP contribution in [0.25, 0.3) is 0 Å². The number of halogens is 1. The number of hydrogen-bond donors (Lipinski definition) is 0. The van der Waals surface area contributed by atoms with Gasteiger partial charge in [-0.2, -0.15) is 0 Å². The van der Waals surface area contributed by atoms with Gasteiger partial charge in [-0.15, -0.1) is 11.6 Å². The number of rotatable bonds is 7. The predicted molar refractivity (Wildman–Crippen MR) is 50.2 cm³/mol. The lowest BCUT2D eigenvalue weighted by Gasteiger charge is -2.06. The third-order valence-corrected chi connectivity index (χ3v) is 2.23. The van der Waals surface area contributed by atoms with E-state index >= 15 is 0 Å². The minimum Gasteiger partial charge on any atom is -0.382 e. The molecule has 0 amide bonds. The minimum atomic E-state index is 0.665. The van der Waals surface area contributed by atoms with E-state index < -0.39 is 0 Å². The molecule has 0 aliphatic carbocycles. The van der Waals surface area contributed by atoms with Crippen molar-refractivity contribution >= 4 is 11.6 Å². The van der Waals surface area contributed by atoms with Gasteiger partial charge in [-0.05, 0) is 25.7 Å². The molecule has 0 aromatic rings. The second-order valence-corrected chi connectivity index (χ2v) is 3.26. The summed E-state index contributed by atoms with van der Waals surface area (Å²) < 4.78 is 5.22. The normalized spacial score (nSPS) is 13.4. The minimum absolute atomic E-state index is 0.665. The Hall–Kier alpha value is 0.250. The van der Waals surface area contributed by atoms with Gasteiger partial charge < -0.3 is 4.74 Å². The Bertz CT molecular complexity index is 76.0. The van der Waals surface area contributed by atoms with Crippen molar-refractivity contribution in [1.82, 2.24) is 0 Å². The van der Waals surface area contributed by atoms with Gasteiger partial charge in [0.2, 0.25) is 0 Å². The predicted octanol–water partition coefficient (Wildman–Crippen LogP) is 3.07. The molecule has 0 fully saturated rings. The maximum Gasteiger partial charge on any atom is 0.0465 e. The van der Waals surface area contributed by atoms with Crippen molar-refractivity contribution in [2.45, 2.75) is 33.1 Å². The van der Waals surface area contributed by atoms with Gasteiger partial charge in [-0.25, -0.2) is 0 Å². The van der Waals surface area contributed by atoms with Crippen LogP contribution in [-0.2, 0) is 4.74 Å². The summed E-state index contributed by atoms with van der Waals surface area (Å²) in [6.07, 6.45) is 3.65. The SMILES string of the molecule is CCOCCCCC(C)CCl. The average molecular weight is 179 g/mol. The lowest BCUT2D eigenvalue weighted by Crippen LogP contribution is -1.98. The van der Waals surface area contributed by atoms with E-state index in [1.807, 2.05) is 6.92 Å². The van der Waals surface area contributed by atoms with Crippen molar-refractivity contribution in [3.8, 4) is 0 Å². The van der Waals surface area contributed by atoms with Crippen LogP contribution in [0.2, 0.25) is 0 Å². The van der Waals surface area contributed by atoms with Gasteiger partial charge in [0.1, 0.15) is 0 Å². The average Bonchev–Trinajstić information content (AvgIpc) is 2.04. The van der Waals surface area contributed by atoms with E-state index in [1.54, 1.807) is 0 Å². The molecule has 1 nitrogen and oxygen atoms in total. The van der Waals surface area contributed by atoms with E-state index in [9.17, 15) is 0 Å². The summed E-state index contributed by atoms with van der Waals surface area (Å²) in [7, 11) is 0. The van der Waals surface area contributed by atoms with E-state index in [1.165, 1.54) is 19.3 Å². The Balaban J connectivity index is 2.89. The summed E-state index contributed by atoms with van der Waals surface area (Å²) in [5, 5.41) is 0. The highest BCUT2D eigenvalue weighted by Gasteiger charge is 1.98. The second-order valence-electron chi connectivity index (χ2n) is 2.95. The van der Waals surface area contributed by atoms with Gasteiger partial charge in [0.25, 0.3) is 0 Å². The second kappa shape index (κ2) is 8.35. The van der Waals surface area contributed by atoms with Crippen LogP contribution >= 0.6 is 11.6 Å². The van der Waals surface area contributed by atoms with E-state index in [0.29, 0.717) is 5.92 Å². The summed E-state index contributed by atoms with van der Waals surface area (Å²) in [5.74, 6) is 1.45. The van der Waals surface area contributed by atoms with Gasteiger partial charge in [0.15, 0.2) is 0 Å². The lowest BCUT2D eigenvalue weighted by molar-refractivity contribution is 0.142. The first-order chi connectivity index (χ1) is 5.31. The van der Waals surface area contributed by atoms with E-state index in [4.69, 9.17) is 16.3 Å². The van der Waals surface area contributed by atoms with Crippen LogP contribution in [0.1, 0.15) is 33.1 Å². The van der Waals surface area contributed by atoms with Crippen molar-refractivity contribution in [2.24, 2.45) is 5.92 Å². The van der Waals surface area contributed by atoms with Crippen LogP contribution in [0.5, 0.6) is 0 Å². The van der Waals surface area contributed by atoms with E-state index in [-0.39, 0.29) is 0 Å². The molecule has 0 aromatic heterocycles. The first-order valence-corrected chi connectivity index (χ1v) is 4.98. The molecule has 0 saturated heterocycles. The molecule has 0 heterocycles. The molecular weight excluding hydrogens is 160 g/mol. The quantitative estimate of drug-likeness (QED) is 0.430. The maximum atomic E-state index is 5.66. The monoisotopic (exact) mass is 178 g/mol. The molecule has 0 rings (SSSR count). The van der Waals surface area contributed by atoms with Crippen LogP contribution in [-0.4, -0.2) is 19.1 Å². The molecule has 0 radical (unpaired) electrons. The van der Waals surface area contributed by atoms with Crippen LogP contribution < -0.4 is 0 Å². The molecule has 1 unspecified atom stereocenters. The zero-order valence-electron chi connectivity index (χ0n) is 7.61. The molecule has 0 saturated carbocycles. The van der Waals surface area contributed by atoms with Gasteiger partial charge in [-0.1, -0.05) is 13.3 Å². The lowest BCUT2D eigenvalue weighted by atomic mass is 10.1. The zero-order chi connectivity index (χ0) is 8.53. The molecule has 0 aliphatic rings. The van der Waals surface area contributed by atoms with Gasteiger partial charge in [0.05, 0.1) is 0 Å². The standard InChI is InChI=1S/C9H19ClO/c1-3-11-7-5-4-6-9(2)8-10/h9H,3-8H2,1-2H3. The highest BCUT2D eigenvalue weighted by atomic mass is 35.5. The van der Waals surface area contributed by atoms with Gasteiger partial charge in [0, 0.05) is 19.1 Å². The Kier molecular flexibility index (Phi) is 8.54. The van der Waals surface area contributed by atoms with Crippen LogP contribution in [0.3, 0.4) is 0 Å². The molecular formula is C9H19ClO. The molecule has 2 heteroatoms. The van der Waals surface area contributed by atoms with E-state index in [0.717, 1.165) is 19.1 Å². The fourth-order valence-electron chi connectivity index (χ4n) is 0.918. The number of unbranched alkanes of at least 4 members (excludes halogenated alkanes) is 1. The number of ether oxygens (including phenoxy) is 1. The fourth-order valence-corrected chi connectivity index (χ4v) is 1.07. The molecule has 68 valence electrons. The zero-order valence-corrected chi connectivity index (χ0v) is 8.36. The molecule has 1 atom stereocenters. The Labute approximate surface area is 75.1 Å². The molecule has 11 heavy (non-hydrogen) atoms. The first-order valence-electron chi connectivity index (χ1n) is 4.45. The van der Waals surface area contributed by atoms with Crippen molar-refractivity contribution in [3.05, 3.63) is 0 Å². The molecule has 0 aliphatic heterocycles. The van der Waals surface area contributed by atoms with Crippen molar-refractivity contribution in [2.75, 3.05) is 19.1 Å². The number of hydrogen-bond acceptors (Lipinski definition) is 1. The summed E-state index contributed by atoms with van der Waals surface area (Å²) in [6.45, 7) is 5.96. The summed E-state index contributed by atoms with van der Waals surface area (Å²) in [4.78, 5) is 0. The Morgan fingerprint density at radius 3 is 2.64 bits per heavy atom. The number of alkyl halides is 1. The fraction of sp³-hybridized carbons (Fsp3) is 1.00. The van der Waals surface area contributed by atoms with Crippen LogP contribution in [0.15, 0.2) is 0 Å². The van der Waals surface area contributed by atoms with Crippen molar-refractivity contribution < 1.29 is 4.74 Å². The highest BCUT2D eigenvalue weighted by Crippen LogP contribution is 2.08. The van der Waals surface area contributed by atoms with Crippen LogP contribution in [0, 0.1) is 5.92 Å². The van der Waals surface area contributed by atoms with Gasteiger partial charge in [-0.3, -0.25) is 0 Å². The molecule has 0 bridgehead atoms. The van der Waals surface area contributed by atoms with Crippen molar-refractivity contribution in [3.63, 3.8) is 0 Å². The van der Waals surface area contributed by atoms with Crippen molar-refractivity contribution in [1.29, 1.82) is 0 Å². The molecule has 0 N–H and O–H groups in total. The summed E-state index contributed by atoms with van der Waals surface area (Å²) in [5.41, 5.74) is 0. The summed E-state index contributed by atoms with van der Waals surface area (Å²) >= 11 is 5.66. The van der Waals surface area contributed by atoms with E-state index in [2.05, 4.69) is 6.92 Å². The maximum absolute atomic E-state index is 5.66. The van der Waals surface area contributed by atoms with Gasteiger partial charge >= 0.3 is 0 Å². The topological polar surface area (TPSA) is 9.23 Å². The Morgan fingerprint density at radius 1 is 1.36 bits per heavy atom. The first kappa shape index (κ1) is 11.2. The highest BCUT2D eigenvalue weighted by molar-refractivity contribution is 6.18. The van der Waals surface area contributed by atoms with Crippen LogP contribution in [0.4, 0.5) is 0 Å². The smallest absolute Gasteiger partial charge is 0.0465 e. The summed E-state index contributed by atoms with van der Waals surface area (Å²) in [6, 6.07) is 0. The molecule has 0 spiro atoms. The Morgan fingerprint density at radius 2 is 2.09 bits per heavy atom. The third-order valence-electron chi connectivity index (χ3n) is 1.70. The molecule has 0 aromatic carbocycles.